The van der Waals surface area contributed by atoms with Gasteiger partial charge < -0.3 is 5.73 Å². The van der Waals surface area contributed by atoms with Crippen LogP contribution in [0.5, 0.6) is 0 Å². The Kier molecular flexibility index (Phi) is 4.86. The summed E-state index contributed by atoms with van der Waals surface area (Å²) < 4.78 is 13.4. The molecule has 1 aromatic carbocycles. The number of thioether (sulfide) groups is 1. The van der Waals surface area contributed by atoms with E-state index in [0.717, 1.165) is 16.6 Å². The Labute approximate surface area is 107 Å². The first kappa shape index (κ1) is 12.9. The monoisotopic (exact) mass is 253 g/mol. The minimum Gasteiger partial charge on any atom is -0.327 e. The van der Waals surface area contributed by atoms with E-state index in [1.807, 2.05) is 23.9 Å². The van der Waals surface area contributed by atoms with Crippen LogP contribution in [0.4, 0.5) is 4.39 Å². The number of halogens is 1. The second-order valence-corrected chi connectivity index (χ2v) is 6.13. The first-order valence-corrected chi connectivity index (χ1v) is 7.41. The summed E-state index contributed by atoms with van der Waals surface area (Å²) in [5, 5.41) is 0.793. The molecule has 1 aliphatic carbocycles. The van der Waals surface area contributed by atoms with E-state index >= 15 is 0 Å². The molecule has 0 amide bonds. The predicted molar refractivity (Wildman–Crippen MR) is 72.8 cm³/mol. The van der Waals surface area contributed by atoms with Crippen LogP contribution >= 0.6 is 11.8 Å². The van der Waals surface area contributed by atoms with Gasteiger partial charge in [-0.2, -0.15) is 11.8 Å². The molecular weight excluding hydrogens is 233 g/mol. The van der Waals surface area contributed by atoms with Crippen molar-refractivity contribution in [2.24, 2.45) is 5.73 Å². The van der Waals surface area contributed by atoms with Gasteiger partial charge in [0, 0.05) is 17.0 Å². The highest BCUT2D eigenvalue weighted by Crippen LogP contribution is 2.29. The second-order valence-electron chi connectivity index (χ2n) is 4.80. The quantitative estimate of drug-likeness (QED) is 0.870. The molecule has 1 saturated carbocycles. The van der Waals surface area contributed by atoms with Crippen molar-refractivity contribution >= 4 is 11.8 Å². The molecule has 3 heteroatoms. The van der Waals surface area contributed by atoms with E-state index in [1.165, 1.54) is 31.7 Å². The SMILES string of the molecule is NC(CSC1CCCC1)Cc1ccccc1F. The van der Waals surface area contributed by atoms with E-state index in [1.54, 1.807) is 6.07 Å². The molecule has 0 radical (unpaired) electrons. The Morgan fingerprint density at radius 2 is 2.00 bits per heavy atom. The summed E-state index contributed by atoms with van der Waals surface area (Å²) >= 11 is 1.97. The van der Waals surface area contributed by atoms with Gasteiger partial charge >= 0.3 is 0 Å². The highest BCUT2D eigenvalue weighted by Gasteiger charge is 2.17. The molecule has 2 N–H and O–H groups in total. The third kappa shape index (κ3) is 4.00. The lowest BCUT2D eigenvalue weighted by Crippen LogP contribution is -2.27. The zero-order valence-electron chi connectivity index (χ0n) is 10.1. The topological polar surface area (TPSA) is 26.0 Å². The molecular formula is C14H20FNS. The Morgan fingerprint density at radius 3 is 2.71 bits per heavy atom. The molecule has 2 rings (SSSR count). The number of benzene rings is 1. The summed E-state index contributed by atoms with van der Waals surface area (Å²) in [5.74, 6) is 0.813. The number of nitrogens with two attached hydrogens (primary N) is 1. The highest BCUT2D eigenvalue weighted by atomic mass is 32.2. The molecule has 0 aromatic heterocycles. The zero-order valence-corrected chi connectivity index (χ0v) is 10.9. The summed E-state index contributed by atoms with van der Waals surface area (Å²) in [7, 11) is 0. The lowest BCUT2D eigenvalue weighted by Gasteiger charge is -2.14. The van der Waals surface area contributed by atoms with Gasteiger partial charge in [-0.3, -0.25) is 0 Å². The van der Waals surface area contributed by atoms with Crippen LogP contribution in [0.25, 0.3) is 0 Å². The van der Waals surface area contributed by atoms with Crippen molar-refractivity contribution in [2.45, 2.75) is 43.4 Å². The summed E-state index contributed by atoms with van der Waals surface area (Å²) in [6.07, 6.45) is 6.03. The molecule has 1 aliphatic rings. The Morgan fingerprint density at radius 1 is 1.29 bits per heavy atom. The molecule has 0 heterocycles. The van der Waals surface area contributed by atoms with Crippen LogP contribution in [0.2, 0.25) is 0 Å². The van der Waals surface area contributed by atoms with E-state index in [4.69, 9.17) is 5.73 Å². The van der Waals surface area contributed by atoms with Crippen LogP contribution in [-0.4, -0.2) is 17.0 Å². The number of hydrogen-bond acceptors (Lipinski definition) is 2. The second kappa shape index (κ2) is 6.41. The van der Waals surface area contributed by atoms with Gasteiger partial charge in [0.05, 0.1) is 0 Å². The maximum absolute atomic E-state index is 13.4. The van der Waals surface area contributed by atoms with E-state index in [-0.39, 0.29) is 11.9 Å². The summed E-state index contributed by atoms with van der Waals surface area (Å²) in [4.78, 5) is 0. The lowest BCUT2D eigenvalue weighted by molar-refractivity contribution is 0.597. The average molecular weight is 253 g/mol. The van der Waals surface area contributed by atoms with E-state index in [0.29, 0.717) is 6.42 Å². The Bertz CT molecular complexity index is 350. The van der Waals surface area contributed by atoms with Gasteiger partial charge in [0.15, 0.2) is 0 Å². The summed E-state index contributed by atoms with van der Waals surface area (Å²) in [5.41, 5.74) is 6.81. The van der Waals surface area contributed by atoms with Crippen molar-refractivity contribution in [3.05, 3.63) is 35.6 Å². The number of rotatable bonds is 5. The van der Waals surface area contributed by atoms with Crippen LogP contribution in [0, 0.1) is 5.82 Å². The van der Waals surface area contributed by atoms with E-state index < -0.39 is 0 Å². The Balaban J connectivity index is 1.76. The van der Waals surface area contributed by atoms with Gasteiger partial charge in [0.25, 0.3) is 0 Å². The molecule has 17 heavy (non-hydrogen) atoms. The van der Waals surface area contributed by atoms with Crippen molar-refractivity contribution in [3.63, 3.8) is 0 Å². The Hall–Kier alpha value is -0.540. The smallest absolute Gasteiger partial charge is 0.126 e. The fourth-order valence-electron chi connectivity index (χ4n) is 2.32. The van der Waals surface area contributed by atoms with Crippen LogP contribution in [0.15, 0.2) is 24.3 Å². The van der Waals surface area contributed by atoms with E-state index in [9.17, 15) is 4.39 Å². The van der Waals surface area contributed by atoms with Crippen LogP contribution in [0.3, 0.4) is 0 Å². The molecule has 0 spiro atoms. The first-order valence-electron chi connectivity index (χ1n) is 6.36. The van der Waals surface area contributed by atoms with Crippen molar-refractivity contribution in [1.29, 1.82) is 0 Å². The lowest BCUT2D eigenvalue weighted by atomic mass is 10.1. The molecule has 1 fully saturated rings. The van der Waals surface area contributed by atoms with Gasteiger partial charge in [0.1, 0.15) is 5.82 Å². The molecule has 0 bridgehead atoms. The van der Waals surface area contributed by atoms with Gasteiger partial charge in [-0.15, -0.1) is 0 Å². The summed E-state index contributed by atoms with van der Waals surface area (Å²) in [6, 6.07) is 6.99. The predicted octanol–water partition coefficient (Wildman–Crippen LogP) is 3.37. The van der Waals surface area contributed by atoms with Crippen LogP contribution < -0.4 is 5.73 Å². The maximum atomic E-state index is 13.4. The van der Waals surface area contributed by atoms with Gasteiger partial charge in [0.2, 0.25) is 0 Å². The summed E-state index contributed by atoms with van der Waals surface area (Å²) in [6.45, 7) is 0. The van der Waals surface area contributed by atoms with Crippen molar-refractivity contribution in [3.8, 4) is 0 Å². The first-order chi connectivity index (χ1) is 8.25. The molecule has 0 aliphatic heterocycles. The van der Waals surface area contributed by atoms with Crippen LogP contribution in [-0.2, 0) is 6.42 Å². The molecule has 1 atom stereocenters. The zero-order chi connectivity index (χ0) is 12.1. The van der Waals surface area contributed by atoms with Crippen molar-refractivity contribution in [1.82, 2.24) is 0 Å². The third-order valence-corrected chi connectivity index (χ3v) is 4.85. The molecule has 1 nitrogen and oxygen atoms in total. The van der Waals surface area contributed by atoms with Crippen molar-refractivity contribution in [2.75, 3.05) is 5.75 Å². The van der Waals surface area contributed by atoms with Crippen LogP contribution in [0.1, 0.15) is 31.2 Å². The average Bonchev–Trinajstić information content (AvgIpc) is 2.82. The molecule has 0 saturated heterocycles. The largest absolute Gasteiger partial charge is 0.327 e. The van der Waals surface area contributed by atoms with Gasteiger partial charge in [-0.25, -0.2) is 4.39 Å². The molecule has 94 valence electrons. The minimum atomic E-state index is -0.131. The van der Waals surface area contributed by atoms with Crippen molar-refractivity contribution < 1.29 is 4.39 Å². The fraction of sp³-hybridized carbons (Fsp3) is 0.571. The molecule has 1 aromatic rings. The van der Waals surface area contributed by atoms with Gasteiger partial charge in [-0.1, -0.05) is 31.0 Å². The normalized spacial score (nSPS) is 18.5. The maximum Gasteiger partial charge on any atom is 0.126 e. The minimum absolute atomic E-state index is 0.0671. The number of hydrogen-bond donors (Lipinski definition) is 1. The fourth-order valence-corrected chi connectivity index (χ4v) is 3.62. The van der Waals surface area contributed by atoms with E-state index in [2.05, 4.69) is 0 Å². The molecule has 1 unspecified atom stereocenters. The standard InChI is InChI=1S/C14H20FNS/c15-14-8-4-1-5-11(14)9-12(16)10-17-13-6-2-3-7-13/h1,4-5,8,12-13H,2-3,6-7,9-10,16H2. The van der Waals surface area contributed by atoms with Gasteiger partial charge in [-0.05, 0) is 30.9 Å². The highest BCUT2D eigenvalue weighted by molar-refractivity contribution is 7.99. The third-order valence-electron chi connectivity index (χ3n) is 3.29.